The van der Waals surface area contributed by atoms with E-state index in [0.717, 1.165) is 4.57 Å². The van der Waals surface area contributed by atoms with Crippen LogP contribution in [0.1, 0.15) is 10.4 Å². The zero-order valence-electron chi connectivity index (χ0n) is 17.4. The number of hydrogen-bond donors (Lipinski definition) is 0. The van der Waals surface area contributed by atoms with Crippen LogP contribution < -0.4 is 10.4 Å². The molecule has 9 heteroatoms. The van der Waals surface area contributed by atoms with Gasteiger partial charge in [0.2, 0.25) is 0 Å². The molecule has 0 amide bonds. The average molecular weight is 459 g/mol. The Labute approximate surface area is 188 Å². The lowest BCUT2D eigenvalue weighted by molar-refractivity contribution is 0.0961. The van der Waals surface area contributed by atoms with Gasteiger partial charge in [0.25, 0.3) is 15.9 Å². The lowest BCUT2D eigenvalue weighted by Crippen LogP contribution is -2.33. The summed E-state index contributed by atoms with van der Waals surface area (Å²) in [6.07, 6.45) is 1.49. The monoisotopic (exact) mass is 459 g/mol. The molecule has 0 spiro atoms. The Morgan fingerprint density at radius 2 is 1.58 bits per heavy atom. The van der Waals surface area contributed by atoms with E-state index in [2.05, 4.69) is 4.98 Å². The number of ether oxygens (including phenoxy) is 1. The fraction of sp³-hybridized carbons (Fsp3) is 0.0417. The van der Waals surface area contributed by atoms with Crippen molar-refractivity contribution < 1.29 is 17.9 Å². The molecular formula is C24H17N3O5S. The fourth-order valence-electron chi connectivity index (χ4n) is 3.80. The van der Waals surface area contributed by atoms with Gasteiger partial charge in [-0.05, 0) is 48.5 Å². The highest BCUT2D eigenvalue weighted by molar-refractivity contribution is 7.90. The van der Waals surface area contributed by atoms with E-state index in [1.54, 1.807) is 48.5 Å². The maximum Gasteiger partial charge on any atom is 0.350 e. The lowest BCUT2D eigenvalue weighted by Gasteiger charge is -2.08. The van der Waals surface area contributed by atoms with Gasteiger partial charge in [-0.3, -0.25) is 9.78 Å². The number of fused-ring (bicyclic) bond motifs is 2. The number of para-hydroxylation sites is 3. The number of carbonyl (C=O) groups excluding carboxylic acids is 1. The molecule has 0 aliphatic heterocycles. The predicted molar refractivity (Wildman–Crippen MR) is 123 cm³/mol. The summed E-state index contributed by atoms with van der Waals surface area (Å²) >= 11 is 0. The van der Waals surface area contributed by atoms with Crippen molar-refractivity contribution in [1.29, 1.82) is 0 Å². The number of rotatable bonds is 4. The van der Waals surface area contributed by atoms with Crippen LogP contribution in [0.5, 0.6) is 5.75 Å². The summed E-state index contributed by atoms with van der Waals surface area (Å²) in [7, 11) is -2.88. The molecule has 5 rings (SSSR count). The van der Waals surface area contributed by atoms with Crippen molar-refractivity contribution in [3.8, 4) is 5.75 Å². The topological polar surface area (TPSA) is 100 Å². The average Bonchev–Trinajstić information content (AvgIpc) is 3.15. The predicted octanol–water partition coefficient (Wildman–Crippen LogP) is 3.29. The summed E-state index contributed by atoms with van der Waals surface area (Å²) in [4.78, 5) is 30.8. The molecule has 5 aromatic rings. The van der Waals surface area contributed by atoms with E-state index in [9.17, 15) is 18.0 Å². The first-order valence-electron chi connectivity index (χ1n) is 9.94. The Morgan fingerprint density at radius 3 is 2.30 bits per heavy atom. The number of aromatic nitrogens is 3. The van der Waals surface area contributed by atoms with E-state index < -0.39 is 21.6 Å². The summed E-state index contributed by atoms with van der Waals surface area (Å²) < 4.78 is 34.1. The molecule has 0 saturated carbocycles. The quantitative estimate of drug-likeness (QED) is 0.409. The van der Waals surface area contributed by atoms with Crippen molar-refractivity contribution in [3.05, 3.63) is 101 Å². The first-order valence-corrected chi connectivity index (χ1v) is 11.4. The van der Waals surface area contributed by atoms with Crippen molar-refractivity contribution >= 4 is 37.9 Å². The second-order valence-corrected chi connectivity index (χ2v) is 9.00. The molecule has 0 fully saturated rings. The van der Waals surface area contributed by atoms with Gasteiger partial charge in [0.1, 0.15) is 10.6 Å². The molecule has 8 nitrogen and oxygen atoms in total. The number of nitrogens with zero attached hydrogens (tertiary/aromatic N) is 3. The van der Waals surface area contributed by atoms with Crippen LogP contribution in [0.4, 0.5) is 0 Å². The molecule has 0 aliphatic rings. The number of carbonyl (C=O) groups is 1. The van der Waals surface area contributed by atoms with Crippen LogP contribution in [-0.4, -0.2) is 35.0 Å². The molecule has 0 radical (unpaired) electrons. The second-order valence-electron chi connectivity index (χ2n) is 7.24. The smallest absolute Gasteiger partial charge is 0.350 e. The summed E-state index contributed by atoms with van der Waals surface area (Å²) in [5.74, 6) is -0.101. The highest BCUT2D eigenvalue weighted by Gasteiger charge is 2.29. The molecule has 0 saturated heterocycles. The Morgan fingerprint density at radius 1 is 0.879 bits per heavy atom. The second kappa shape index (κ2) is 7.72. The normalized spacial score (nSPS) is 11.7. The third-order valence-electron chi connectivity index (χ3n) is 5.36. The Kier molecular flexibility index (Phi) is 4.83. The van der Waals surface area contributed by atoms with Crippen LogP contribution in [0.2, 0.25) is 0 Å². The Balaban J connectivity index is 1.77. The van der Waals surface area contributed by atoms with Crippen LogP contribution >= 0.6 is 0 Å². The van der Waals surface area contributed by atoms with Crippen molar-refractivity contribution in [2.45, 2.75) is 4.90 Å². The zero-order chi connectivity index (χ0) is 23.2. The van der Waals surface area contributed by atoms with Crippen molar-refractivity contribution in [2.75, 3.05) is 7.11 Å². The van der Waals surface area contributed by atoms with Gasteiger partial charge in [-0.1, -0.05) is 30.3 Å². The number of methoxy groups -OCH3 is 1. The molecule has 33 heavy (non-hydrogen) atoms. The van der Waals surface area contributed by atoms with E-state index in [1.807, 2.05) is 0 Å². The van der Waals surface area contributed by atoms with Gasteiger partial charge in [-0.2, -0.15) is 3.97 Å². The summed E-state index contributed by atoms with van der Waals surface area (Å²) in [6.45, 7) is 0. The highest BCUT2D eigenvalue weighted by Crippen LogP contribution is 2.25. The third kappa shape index (κ3) is 3.21. The number of imidazole rings is 1. The Hall–Kier alpha value is -4.24. The van der Waals surface area contributed by atoms with Crippen LogP contribution in [0.3, 0.4) is 0 Å². The third-order valence-corrected chi connectivity index (χ3v) is 7.08. The summed E-state index contributed by atoms with van der Waals surface area (Å²) in [6, 6.07) is 20.6. The van der Waals surface area contributed by atoms with Gasteiger partial charge >= 0.3 is 5.69 Å². The number of pyridine rings is 1. The molecular weight excluding hydrogens is 442 g/mol. The van der Waals surface area contributed by atoms with Crippen molar-refractivity contribution in [1.82, 2.24) is 13.5 Å². The molecule has 2 aromatic heterocycles. The number of hydrogen-bond acceptors (Lipinski definition) is 6. The lowest BCUT2D eigenvalue weighted by atomic mass is 10.2. The highest BCUT2D eigenvalue weighted by atomic mass is 32.2. The minimum atomic E-state index is -4.38. The van der Waals surface area contributed by atoms with E-state index in [-0.39, 0.29) is 27.0 Å². The van der Waals surface area contributed by atoms with Gasteiger partial charge in [0.05, 0.1) is 23.7 Å². The maximum absolute atomic E-state index is 13.7. The first-order chi connectivity index (χ1) is 15.9. The van der Waals surface area contributed by atoms with E-state index >= 15 is 0 Å². The minimum absolute atomic E-state index is 0.0947. The van der Waals surface area contributed by atoms with Gasteiger partial charge in [-0.15, -0.1) is 0 Å². The van der Waals surface area contributed by atoms with E-state index in [4.69, 9.17) is 4.74 Å². The van der Waals surface area contributed by atoms with Gasteiger partial charge in [0, 0.05) is 17.1 Å². The molecule has 0 aliphatic carbocycles. The molecule has 0 N–H and O–H groups in total. The summed E-state index contributed by atoms with van der Waals surface area (Å²) in [5, 5.41) is 0.615. The first kappa shape index (κ1) is 20.7. The zero-order valence-corrected chi connectivity index (χ0v) is 18.2. The minimum Gasteiger partial charge on any atom is -0.497 e. The largest absolute Gasteiger partial charge is 0.497 e. The standard InChI is InChI=1S/C24H17N3O5S/c1-32-18-13-11-17(12-14-18)23(28)26-19-8-2-3-9-20(19)27(24(26)29)33(30,31)21-10-4-6-16-7-5-15-25-22(16)21/h2-15H,1H3. The maximum atomic E-state index is 13.7. The van der Waals surface area contributed by atoms with Crippen LogP contribution in [0, 0.1) is 0 Å². The molecule has 0 bridgehead atoms. The molecule has 2 heterocycles. The summed E-state index contributed by atoms with van der Waals surface area (Å²) in [5.41, 5.74) is -0.252. The SMILES string of the molecule is COc1ccc(C(=O)n2c(=O)n(S(=O)(=O)c3cccc4cccnc34)c3ccccc32)cc1. The van der Waals surface area contributed by atoms with Crippen LogP contribution in [-0.2, 0) is 10.0 Å². The van der Waals surface area contributed by atoms with Gasteiger partial charge in [0.15, 0.2) is 0 Å². The van der Waals surface area contributed by atoms with E-state index in [1.165, 1.54) is 43.6 Å². The Bertz CT molecular complexity index is 1700. The van der Waals surface area contributed by atoms with E-state index in [0.29, 0.717) is 15.1 Å². The number of benzene rings is 3. The van der Waals surface area contributed by atoms with Crippen LogP contribution in [0.15, 0.2) is 94.7 Å². The van der Waals surface area contributed by atoms with Crippen LogP contribution in [0.25, 0.3) is 21.9 Å². The molecule has 3 aromatic carbocycles. The van der Waals surface area contributed by atoms with Gasteiger partial charge in [-0.25, -0.2) is 17.8 Å². The van der Waals surface area contributed by atoms with Crippen molar-refractivity contribution in [3.63, 3.8) is 0 Å². The molecule has 164 valence electrons. The molecule has 0 atom stereocenters. The van der Waals surface area contributed by atoms with Gasteiger partial charge < -0.3 is 4.74 Å². The molecule has 0 unspecified atom stereocenters. The fourth-order valence-corrected chi connectivity index (χ4v) is 5.36. The van der Waals surface area contributed by atoms with Crippen molar-refractivity contribution in [2.24, 2.45) is 0 Å².